The minimum absolute atomic E-state index is 0.109. The van der Waals surface area contributed by atoms with E-state index < -0.39 is 43.3 Å². The highest BCUT2D eigenvalue weighted by atomic mass is 35.5. The molecule has 3 atom stereocenters. The SMILES string of the molecule is C[C@H]1CC[C@H](C)N1[C@]1(C)CCN(c2cc(F)c(S(=O)(=O)Nc3cccc(F)n3)c(F)c2Cl)C1. The van der Waals surface area contributed by atoms with E-state index in [1.54, 1.807) is 4.90 Å². The summed E-state index contributed by atoms with van der Waals surface area (Å²) in [5.41, 5.74) is -0.0845. The first-order chi connectivity index (χ1) is 15.4. The number of halogens is 4. The molecule has 0 saturated carbocycles. The van der Waals surface area contributed by atoms with Crippen molar-refractivity contribution in [3.05, 3.63) is 46.9 Å². The van der Waals surface area contributed by atoms with Gasteiger partial charge in [-0.25, -0.2) is 22.2 Å². The van der Waals surface area contributed by atoms with Gasteiger partial charge in [0.2, 0.25) is 5.95 Å². The van der Waals surface area contributed by atoms with Gasteiger partial charge in [-0.15, -0.1) is 0 Å². The number of anilines is 2. The topological polar surface area (TPSA) is 65.5 Å². The van der Waals surface area contributed by atoms with E-state index in [0.29, 0.717) is 25.2 Å². The average molecular weight is 503 g/mol. The summed E-state index contributed by atoms with van der Waals surface area (Å²) in [4.78, 5) is 6.39. The lowest BCUT2D eigenvalue weighted by molar-refractivity contribution is 0.0786. The van der Waals surface area contributed by atoms with E-state index >= 15 is 4.39 Å². The Morgan fingerprint density at radius 3 is 2.48 bits per heavy atom. The molecule has 1 aromatic heterocycles. The second kappa shape index (κ2) is 8.63. The summed E-state index contributed by atoms with van der Waals surface area (Å²) in [6, 6.07) is 5.15. The van der Waals surface area contributed by atoms with E-state index in [1.807, 2.05) is 4.72 Å². The minimum atomic E-state index is -4.75. The van der Waals surface area contributed by atoms with Crippen molar-refractivity contribution in [3.63, 3.8) is 0 Å². The molecule has 1 aromatic carbocycles. The molecule has 0 amide bonds. The number of likely N-dealkylation sites (tertiary alicyclic amines) is 1. The lowest BCUT2D eigenvalue weighted by Crippen LogP contribution is -2.52. The first-order valence-corrected chi connectivity index (χ1v) is 12.7. The van der Waals surface area contributed by atoms with Crippen molar-refractivity contribution in [3.8, 4) is 0 Å². The number of hydrogen-bond donors (Lipinski definition) is 1. The smallest absolute Gasteiger partial charge is 0.268 e. The van der Waals surface area contributed by atoms with Gasteiger partial charge < -0.3 is 4.90 Å². The van der Waals surface area contributed by atoms with Crippen molar-refractivity contribution in [2.24, 2.45) is 0 Å². The number of rotatable bonds is 5. The number of sulfonamides is 1. The van der Waals surface area contributed by atoms with Crippen molar-refractivity contribution >= 4 is 33.1 Å². The minimum Gasteiger partial charge on any atom is -0.368 e. The zero-order valence-corrected chi connectivity index (χ0v) is 20.2. The lowest BCUT2D eigenvalue weighted by atomic mass is 9.97. The van der Waals surface area contributed by atoms with Gasteiger partial charge in [-0.1, -0.05) is 17.7 Å². The van der Waals surface area contributed by atoms with Crippen LogP contribution in [0.1, 0.15) is 40.0 Å². The van der Waals surface area contributed by atoms with E-state index in [4.69, 9.17) is 11.6 Å². The monoisotopic (exact) mass is 502 g/mol. The molecule has 0 radical (unpaired) electrons. The highest BCUT2D eigenvalue weighted by Gasteiger charge is 2.46. The Morgan fingerprint density at radius 1 is 1.18 bits per heavy atom. The fourth-order valence-electron chi connectivity index (χ4n) is 5.32. The highest BCUT2D eigenvalue weighted by molar-refractivity contribution is 7.92. The Bertz CT molecular complexity index is 1170. The summed E-state index contributed by atoms with van der Waals surface area (Å²) in [5.74, 6) is -4.03. The molecule has 11 heteroatoms. The molecule has 1 N–H and O–H groups in total. The van der Waals surface area contributed by atoms with Crippen LogP contribution in [0, 0.1) is 17.6 Å². The molecule has 6 nitrogen and oxygen atoms in total. The predicted octanol–water partition coefficient (Wildman–Crippen LogP) is 4.79. The third-order valence-electron chi connectivity index (χ3n) is 6.69. The first kappa shape index (κ1) is 24.1. The van der Waals surface area contributed by atoms with Crippen LogP contribution in [0.3, 0.4) is 0 Å². The van der Waals surface area contributed by atoms with E-state index in [0.717, 1.165) is 37.5 Å². The maximum atomic E-state index is 15.1. The molecule has 0 spiro atoms. The third kappa shape index (κ3) is 4.40. The Morgan fingerprint density at radius 2 is 1.85 bits per heavy atom. The fourth-order valence-corrected chi connectivity index (χ4v) is 6.79. The van der Waals surface area contributed by atoms with Gasteiger partial charge in [0, 0.05) is 36.8 Å². The molecule has 180 valence electrons. The summed E-state index contributed by atoms with van der Waals surface area (Å²) in [5, 5.41) is -0.476. The maximum absolute atomic E-state index is 15.1. The molecule has 3 heterocycles. The standard InChI is InChI=1S/C22H26ClF3N4O2S/c1-13-7-8-14(2)30(13)22(3)9-10-29(12-22)16-11-15(24)21(20(26)19(16)23)33(31,32)28-18-6-4-5-17(25)27-18/h4-6,11,13-14H,7-10,12H2,1-3H3,(H,27,28)/t13-,14-,22+/m0/s1. The van der Waals surface area contributed by atoms with Gasteiger partial charge >= 0.3 is 0 Å². The summed E-state index contributed by atoms with van der Waals surface area (Å²) in [6.07, 6.45) is 2.98. The zero-order chi connectivity index (χ0) is 24.1. The summed E-state index contributed by atoms with van der Waals surface area (Å²) >= 11 is 6.23. The quantitative estimate of drug-likeness (QED) is 0.470. The maximum Gasteiger partial charge on any atom is 0.268 e. The van der Waals surface area contributed by atoms with Crippen molar-refractivity contribution in [2.75, 3.05) is 22.7 Å². The Hall–Kier alpha value is -2.04. The van der Waals surface area contributed by atoms with Crippen LogP contribution in [0.25, 0.3) is 0 Å². The van der Waals surface area contributed by atoms with E-state index in [9.17, 15) is 17.2 Å². The van der Waals surface area contributed by atoms with Crippen LogP contribution in [0.4, 0.5) is 24.7 Å². The van der Waals surface area contributed by atoms with Gasteiger partial charge in [0.05, 0.1) is 5.69 Å². The predicted molar refractivity (Wildman–Crippen MR) is 122 cm³/mol. The van der Waals surface area contributed by atoms with Crippen LogP contribution in [0.2, 0.25) is 5.02 Å². The lowest BCUT2D eigenvalue weighted by Gasteiger charge is -2.41. The molecule has 0 aliphatic carbocycles. The molecular formula is C22H26ClF3N4O2S. The fraction of sp³-hybridized carbons (Fsp3) is 0.500. The Labute approximate surface area is 196 Å². The molecular weight excluding hydrogens is 477 g/mol. The average Bonchev–Trinajstić information content (AvgIpc) is 3.27. The van der Waals surface area contributed by atoms with Gasteiger partial charge in [0.1, 0.15) is 16.7 Å². The molecule has 33 heavy (non-hydrogen) atoms. The Balaban J connectivity index is 1.64. The van der Waals surface area contributed by atoms with Crippen LogP contribution < -0.4 is 9.62 Å². The molecule has 2 aliphatic rings. The Kier molecular flexibility index (Phi) is 6.30. The normalized spacial score (nSPS) is 26.2. The van der Waals surface area contributed by atoms with Gasteiger partial charge in [-0.3, -0.25) is 9.62 Å². The number of hydrogen-bond acceptors (Lipinski definition) is 5. The van der Waals surface area contributed by atoms with Crippen molar-refractivity contribution in [1.82, 2.24) is 9.88 Å². The second-order valence-corrected chi connectivity index (χ2v) is 11.1. The van der Waals surface area contributed by atoms with E-state index in [1.165, 1.54) is 6.07 Å². The molecule has 2 fully saturated rings. The van der Waals surface area contributed by atoms with Gasteiger partial charge in [-0.2, -0.15) is 4.39 Å². The van der Waals surface area contributed by atoms with Gasteiger partial charge in [0.25, 0.3) is 10.0 Å². The van der Waals surface area contributed by atoms with Crippen LogP contribution in [-0.2, 0) is 10.0 Å². The number of aromatic nitrogens is 1. The van der Waals surface area contributed by atoms with E-state index in [2.05, 4.69) is 30.7 Å². The molecule has 0 unspecified atom stereocenters. The first-order valence-electron chi connectivity index (χ1n) is 10.8. The van der Waals surface area contributed by atoms with Crippen molar-refractivity contribution in [1.29, 1.82) is 0 Å². The summed E-state index contributed by atoms with van der Waals surface area (Å²) < 4.78 is 70.6. The largest absolute Gasteiger partial charge is 0.368 e. The second-order valence-electron chi connectivity index (χ2n) is 9.14. The number of nitrogens with zero attached hydrogens (tertiary/aromatic N) is 3. The number of pyridine rings is 1. The van der Waals surface area contributed by atoms with Crippen molar-refractivity contribution < 1.29 is 21.6 Å². The van der Waals surface area contributed by atoms with Crippen LogP contribution in [0.15, 0.2) is 29.2 Å². The van der Waals surface area contributed by atoms with Crippen molar-refractivity contribution in [2.45, 2.75) is 62.6 Å². The highest BCUT2D eigenvalue weighted by Crippen LogP contribution is 2.42. The zero-order valence-electron chi connectivity index (χ0n) is 18.6. The molecule has 2 aromatic rings. The van der Waals surface area contributed by atoms with Crippen LogP contribution >= 0.6 is 11.6 Å². The third-order valence-corrected chi connectivity index (χ3v) is 8.44. The van der Waals surface area contributed by atoms with Crippen LogP contribution in [0.5, 0.6) is 0 Å². The van der Waals surface area contributed by atoms with Gasteiger partial charge in [0.15, 0.2) is 10.7 Å². The molecule has 0 bridgehead atoms. The molecule has 2 saturated heterocycles. The number of benzene rings is 1. The van der Waals surface area contributed by atoms with Gasteiger partial charge in [-0.05, 0) is 52.2 Å². The number of nitrogens with one attached hydrogen (secondary N) is 1. The summed E-state index contributed by atoms with van der Waals surface area (Å²) in [6.45, 7) is 7.55. The molecule has 2 aliphatic heterocycles. The summed E-state index contributed by atoms with van der Waals surface area (Å²) in [7, 11) is -4.75. The van der Waals surface area contributed by atoms with E-state index in [-0.39, 0.29) is 11.2 Å². The molecule has 4 rings (SSSR count). The van der Waals surface area contributed by atoms with Crippen LogP contribution in [-0.4, -0.2) is 49.0 Å².